The van der Waals surface area contributed by atoms with Gasteiger partial charge in [-0.05, 0) is 44.5 Å². The van der Waals surface area contributed by atoms with Gasteiger partial charge in [-0.1, -0.05) is 15.9 Å². The third-order valence-electron chi connectivity index (χ3n) is 4.02. The van der Waals surface area contributed by atoms with E-state index in [4.69, 9.17) is 21.2 Å². The van der Waals surface area contributed by atoms with Crippen LogP contribution in [0.3, 0.4) is 0 Å². The van der Waals surface area contributed by atoms with Crippen molar-refractivity contribution in [2.75, 3.05) is 18.9 Å². The number of hydrogen-bond donors (Lipinski definition) is 2. The van der Waals surface area contributed by atoms with Gasteiger partial charge in [0.15, 0.2) is 5.82 Å². The highest BCUT2D eigenvalue weighted by Crippen LogP contribution is 2.31. The molecule has 2 heterocycles. The predicted octanol–water partition coefficient (Wildman–Crippen LogP) is 3.20. The Morgan fingerprint density at radius 2 is 2.08 bits per heavy atom. The van der Waals surface area contributed by atoms with Crippen molar-refractivity contribution >= 4 is 43.7 Å². The number of nitrogens with two attached hydrogens (primary N) is 2. The molecule has 0 aliphatic rings. The molecule has 0 amide bonds. The number of rotatable bonds is 7. The number of fused-ring (bicyclic) bond motifs is 3. The minimum Gasteiger partial charge on any atom is -0.382 e. The van der Waals surface area contributed by atoms with Gasteiger partial charge in [0.05, 0.1) is 11.0 Å². The standard InChI is InChI=1S/C17H22BrN5O/c1-2-24-10-14-22-15-16(23(14)8-4-3-7-19)12-6-5-11(18)9-13(12)21-17(15)20/h5-6,9H,2-4,7-8,10,19H2,1H3,(H2,20,21). The molecular formula is C17H22BrN5O. The van der Waals surface area contributed by atoms with E-state index in [-0.39, 0.29) is 0 Å². The molecule has 0 aliphatic carbocycles. The summed E-state index contributed by atoms with van der Waals surface area (Å²) in [6.07, 6.45) is 1.96. The zero-order valence-corrected chi connectivity index (χ0v) is 15.3. The highest BCUT2D eigenvalue weighted by molar-refractivity contribution is 9.10. The summed E-state index contributed by atoms with van der Waals surface area (Å²) in [5, 5.41) is 1.05. The normalized spacial score (nSPS) is 11.6. The van der Waals surface area contributed by atoms with Gasteiger partial charge in [0, 0.05) is 23.0 Å². The molecule has 2 aromatic heterocycles. The zero-order valence-electron chi connectivity index (χ0n) is 13.8. The van der Waals surface area contributed by atoms with Crippen LogP contribution in [0.5, 0.6) is 0 Å². The molecule has 0 bridgehead atoms. The Morgan fingerprint density at radius 1 is 1.25 bits per heavy atom. The second-order valence-electron chi connectivity index (χ2n) is 5.67. The maximum Gasteiger partial charge on any atom is 0.152 e. The van der Waals surface area contributed by atoms with Crippen LogP contribution in [0.25, 0.3) is 21.9 Å². The summed E-state index contributed by atoms with van der Waals surface area (Å²) in [5.41, 5.74) is 14.4. The molecule has 0 spiro atoms. The van der Waals surface area contributed by atoms with E-state index in [9.17, 15) is 0 Å². The van der Waals surface area contributed by atoms with Gasteiger partial charge < -0.3 is 20.8 Å². The Labute approximate surface area is 149 Å². The van der Waals surface area contributed by atoms with Crippen molar-refractivity contribution in [3.05, 3.63) is 28.5 Å². The smallest absolute Gasteiger partial charge is 0.152 e. The number of unbranched alkanes of at least 4 members (excludes halogenated alkanes) is 1. The molecule has 0 saturated heterocycles. The number of nitrogens with zero attached hydrogens (tertiary/aromatic N) is 3. The lowest BCUT2D eigenvalue weighted by Gasteiger charge is -2.11. The van der Waals surface area contributed by atoms with E-state index in [1.165, 1.54) is 0 Å². The fraction of sp³-hybridized carbons (Fsp3) is 0.412. The number of aryl methyl sites for hydroxylation is 1. The van der Waals surface area contributed by atoms with Crippen LogP contribution in [0.4, 0.5) is 5.82 Å². The molecule has 6 nitrogen and oxygen atoms in total. The first kappa shape index (κ1) is 17.1. The van der Waals surface area contributed by atoms with Crippen molar-refractivity contribution in [2.24, 2.45) is 5.73 Å². The molecule has 0 saturated carbocycles. The van der Waals surface area contributed by atoms with E-state index >= 15 is 0 Å². The molecule has 0 unspecified atom stereocenters. The average molecular weight is 392 g/mol. The molecule has 0 atom stereocenters. The summed E-state index contributed by atoms with van der Waals surface area (Å²) in [6.45, 7) is 4.61. The van der Waals surface area contributed by atoms with Crippen molar-refractivity contribution < 1.29 is 4.74 Å². The minimum absolute atomic E-state index is 0.450. The number of hydrogen-bond acceptors (Lipinski definition) is 5. The molecule has 7 heteroatoms. The van der Waals surface area contributed by atoms with Gasteiger partial charge >= 0.3 is 0 Å². The summed E-state index contributed by atoms with van der Waals surface area (Å²) >= 11 is 3.49. The molecule has 128 valence electrons. The highest BCUT2D eigenvalue weighted by atomic mass is 79.9. The fourth-order valence-electron chi connectivity index (χ4n) is 2.89. The average Bonchev–Trinajstić information content (AvgIpc) is 2.92. The lowest BCUT2D eigenvalue weighted by atomic mass is 10.2. The van der Waals surface area contributed by atoms with Gasteiger partial charge in [-0.25, -0.2) is 9.97 Å². The molecule has 3 aromatic rings. The summed E-state index contributed by atoms with van der Waals surface area (Å²) in [5.74, 6) is 1.33. The van der Waals surface area contributed by atoms with Crippen molar-refractivity contribution in [2.45, 2.75) is 32.9 Å². The Bertz CT molecular complexity index is 861. The van der Waals surface area contributed by atoms with Crippen molar-refractivity contribution in [3.63, 3.8) is 0 Å². The van der Waals surface area contributed by atoms with Gasteiger partial charge in [0.1, 0.15) is 17.9 Å². The monoisotopic (exact) mass is 391 g/mol. The van der Waals surface area contributed by atoms with Gasteiger partial charge in [-0.3, -0.25) is 0 Å². The number of benzene rings is 1. The van der Waals surface area contributed by atoms with E-state index in [0.717, 1.165) is 51.6 Å². The summed E-state index contributed by atoms with van der Waals surface area (Å²) in [6, 6.07) is 6.05. The topological polar surface area (TPSA) is 92.0 Å². The second kappa shape index (κ2) is 7.46. The van der Waals surface area contributed by atoms with Crippen LogP contribution in [0.15, 0.2) is 22.7 Å². The summed E-state index contributed by atoms with van der Waals surface area (Å²) in [4.78, 5) is 9.22. The van der Waals surface area contributed by atoms with E-state index in [1.54, 1.807) is 0 Å². The molecule has 0 fully saturated rings. The predicted molar refractivity (Wildman–Crippen MR) is 101 cm³/mol. The van der Waals surface area contributed by atoms with Gasteiger partial charge in [-0.2, -0.15) is 0 Å². The number of halogens is 1. The molecule has 4 N–H and O–H groups in total. The molecule has 24 heavy (non-hydrogen) atoms. The van der Waals surface area contributed by atoms with Crippen molar-refractivity contribution in [1.82, 2.24) is 14.5 Å². The van der Waals surface area contributed by atoms with Gasteiger partial charge in [0.2, 0.25) is 0 Å². The maximum absolute atomic E-state index is 6.18. The molecular weight excluding hydrogens is 370 g/mol. The van der Waals surface area contributed by atoms with Crippen LogP contribution in [0.1, 0.15) is 25.6 Å². The van der Waals surface area contributed by atoms with Crippen molar-refractivity contribution in [1.29, 1.82) is 0 Å². The number of aromatic nitrogens is 3. The Morgan fingerprint density at radius 3 is 2.83 bits per heavy atom. The number of pyridine rings is 1. The van der Waals surface area contributed by atoms with Crippen LogP contribution in [-0.4, -0.2) is 27.7 Å². The maximum atomic E-state index is 6.18. The molecule has 0 radical (unpaired) electrons. The summed E-state index contributed by atoms with van der Waals surface area (Å²) in [7, 11) is 0. The van der Waals surface area contributed by atoms with Crippen LogP contribution < -0.4 is 11.5 Å². The SMILES string of the molecule is CCOCc1nc2c(N)nc3cc(Br)ccc3c2n1CCCCN. The third-order valence-corrected chi connectivity index (χ3v) is 4.51. The first-order valence-electron chi connectivity index (χ1n) is 8.17. The van der Waals surface area contributed by atoms with Crippen LogP contribution in [0, 0.1) is 0 Å². The summed E-state index contributed by atoms with van der Waals surface area (Å²) < 4.78 is 8.77. The van der Waals surface area contributed by atoms with Crippen LogP contribution in [-0.2, 0) is 17.9 Å². The molecule has 1 aromatic carbocycles. The number of nitrogen functional groups attached to an aromatic ring is 1. The van der Waals surface area contributed by atoms with E-state index in [2.05, 4.69) is 31.5 Å². The Kier molecular flexibility index (Phi) is 5.33. The fourth-order valence-corrected chi connectivity index (χ4v) is 3.24. The molecule has 3 rings (SSSR count). The van der Waals surface area contributed by atoms with Gasteiger partial charge in [0.25, 0.3) is 0 Å². The first-order valence-corrected chi connectivity index (χ1v) is 8.96. The lowest BCUT2D eigenvalue weighted by Crippen LogP contribution is -2.08. The zero-order chi connectivity index (χ0) is 17.1. The lowest BCUT2D eigenvalue weighted by molar-refractivity contribution is 0.126. The van der Waals surface area contributed by atoms with E-state index in [1.807, 2.05) is 19.1 Å². The van der Waals surface area contributed by atoms with E-state index < -0.39 is 0 Å². The Hall–Kier alpha value is -1.70. The first-order chi connectivity index (χ1) is 11.7. The largest absolute Gasteiger partial charge is 0.382 e. The Balaban J connectivity index is 2.21. The number of ether oxygens (including phenoxy) is 1. The third kappa shape index (κ3) is 3.24. The van der Waals surface area contributed by atoms with Gasteiger partial charge in [-0.15, -0.1) is 0 Å². The number of anilines is 1. The minimum atomic E-state index is 0.450. The van der Waals surface area contributed by atoms with E-state index in [0.29, 0.717) is 25.6 Å². The number of imidazole rings is 1. The molecule has 0 aliphatic heterocycles. The highest BCUT2D eigenvalue weighted by Gasteiger charge is 2.17. The van der Waals surface area contributed by atoms with Crippen LogP contribution in [0.2, 0.25) is 0 Å². The quantitative estimate of drug-likeness (QED) is 0.603. The van der Waals surface area contributed by atoms with Crippen LogP contribution >= 0.6 is 15.9 Å². The van der Waals surface area contributed by atoms with Crippen molar-refractivity contribution in [3.8, 4) is 0 Å². The second-order valence-corrected chi connectivity index (χ2v) is 6.58.